The third kappa shape index (κ3) is 6.25. The molecular weight excluding hydrogens is 242 g/mol. The van der Waals surface area contributed by atoms with Crippen molar-refractivity contribution in [2.45, 2.75) is 58.1 Å². The molecule has 0 aliphatic heterocycles. The van der Waals surface area contributed by atoms with Crippen molar-refractivity contribution in [2.75, 3.05) is 26.2 Å². The van der Waals surface area contributed by atoms with Crippen molar-refractivity contribution >= 4 is 6.03 Å². The molecule has 2 amide bonds. The van der Waals surface area contributed by atoms with E-state index in [2.05, 4.69) is 5.32 Å². The van der Waals surface area contributed by atoms with Gasteiger partial charge in [0.25, 0.3) is 0 Å². The molecule has 0 bridgehead atoms. The van der Waals surface area contributed by atoms with Crippen LogP contribution in [-0.2, 0) is 4.74 Å². The van der Waals surface area contributed by atoms with Gasteiger partial charge in [0.05, 0.1) is 6.10 Å². The molecule has 0 unspecified atom stereocenters. The Bertz CT molecular complexity index is 249. The third-order valence-corrected chi connectivity index (χ3v) is 3.72. The van der Waals surface area contributed by atoms with Crippen LogP contribution in [0.5, 0.6) is 0 Å². The molecule has 1 aliphatic rings. The lowest BCUT2D eigenvalue weighted by Crippen LogP contribution is -2.40. The molecule has 1 aliphatic carbocycles. The Morgan fingerprint density at radius 2 is 1.89 bits per heavy atom. The number of carbonyl (C=O) groups excluding carboxylic acids is 1. The molecule has 5 nitrogen and oxygen atoms in total. The fraction of sp³-hybridized carbons (Fsp3) is 0.929. The number of amides is 2. The number of hydrogen-bond donors (Lipinski definition) is 2. The summed E-state index contributed by atoms with van der Waals surface area (Å²) in [5.41, 5.74) is 5.85. The summed E-state index contributed by atoms with van der Waals surface area (Å²) in [6.07, 6.45) is 5.54. The second kappa shape index (κ2) is 9.15. The molecule has 1 fully saturated rings. The summed E-state index contributed by atoms with van der Waals surface area (Å²) in [6, 6.07) is 0.391. The van der Waals surface area contributed by atoms with E-state index in [0.29, 0.717) is 18.7 Å². The molecule has 1 rings (SSSR count). The fourth-order valence-electron chi connectivity index (χ4n) is 2.40. The summed E-state index contributed by atoms with van der Waals surface area (Å²) in [5, 5.41) is 2.92. The minimum absolute atomic E-state index is 0.0219. The molecule has 0 heterocycles. The Labute approximate surface area is 116 Å². The van der Waals surface area contributed by atoms with E-state index >= 15 is 0 Å². The number of nitrogens with one attached hydrogen (secondary N) is 1. The fourth-order valence-corrected chi connectivity index (χ4v) is 2.40. The molecule has 0 saturated heterocycles. The lowest BCUT2D eigenvalue weighted by Gasteiger charge is -2.26. The number of nitrogens with two attached hydrogens (primary N) is 1. The normalized spacial score (nSPS) is 23.1. The van der Waals surface area contributed by atoms with E-state index < -0.39 is 0 Å². The average Bonchev–Trinajstić information content (AvgIpc) is 2.42. The van der Waals surface area contributed by atoms with Gasteiger partial charge in [0.1, 0.15) is 0 Å². The van der Waals surface area contributed by atoms with Crippen LogP contribution in [0.4, 0.5) is 4.79 Å². The maximum atomic E-state index is 11.7. The van der Waals surface area contributed by atoms with Crippen LogP contribution in [-0.4, -0.2) is 49.3 Å². The minimum atomic E-state index is 0.0219. The van der Waals surface area contributed by atoms with Crippen molar-refractivity contribution in [3.8, 4) is 0 Å². The summed E-state index contributed by atoms with van der Waals surface area (Å²) >= 11 is 0. The van der Waals surface area contributed by atoms with Gasteiger partial charge in [-0.15, -0.1) is 0 Å². The highest BCUT2D eigenvalue weighted by Crippen LogP contribution is 2.19. The minimum Gasteiger partial charge on any atom is -0.378 e. The van der Waals surface area contributed by atoms with Gasteiger partial charge in [0.15, 0.2) is 0 Å². The standard InChI is InChI=1S/C14H29N3O2/c1-3-17(4-2)14(18)16-10-5-11-19-13-8-6-12(15)7-9-13/h12-13H,3-11,15H2,1-2H3,(H,16,18). The van der Waals surface area contributed by atoms with Crippen LogP contribution >= 0.6 is 0 Å². The maximum absolute atomic E-state index is 11.7. The summed E-state index contributed by atoms with van der Waals surface area (Å²) in [5.74, 6) is 0. The number of ether oxygens (including phenoxy) is 1. The topological polar surface area (TPSA) is 67.6 Å². The largest absolute Gasteiger partial charge is 0.378 e. The number of hydrogen-bond acceptors (Lipinski definition) is 3. The summed E-state index contributed by atoms with van der Waals surface area (Å²) in [4.78, 5) is 13.4. The maximum Gasteiger partial charge on any atom is 0.317 e. The number of carbonyl (C=O) groups is 1. The molecule has 0 atom stereocenters. The number of urea groups is 1. The lowest BCUT2D eigenvalue weighted by molar-refractivity contribution is 0.0242. The van der Waals surface area contributed by atoms with E-state index in [1.165, 1.54) is 0 Å². The highest BCUT2D eigenvalue weighted by molar-refractivity contribution is 5.73. The van der Waals surface area contributed by atoms with Crippen LogP contribution in [0, 0.1) is 0 Å². The van der Waals surface area contributed by atoms with Gasteiger partial charge in [-0.2, -0.15) is 0 Å². The molecule has 0 spiro atoms. The van der Waals surface area contributed by atoms with E-state index in [1.54, 1.807) is 4.90 Å². The lowest BCUT2D eigenvalue weighted by atomic mass is 9.94. The Morgan fingerprint density at radius 3 is 2.47 bits per heavy atom. The van der Waals surface area contributed by atoms with E-state index in [9.17, 15) is 4.79 Å². The first-order chi connectivity index (χ1) is 9.17. The van der Waals surface area contributed by atoms with Crippen LogP contribution < -0.4 is 11.1 Å². The Hall–Kier alpha value is -0.810. The van der Waals surface area contributed by atoms with Gasteiger partial charge in [-0.05, 0) is 46.0 Å². The Balaban J connectivity index is 2.00. The molecule has 19 heavy (non-hydrogen) atoms. The highest BCUT2D eigenvalue weighted by Gasteiger charge is 2.18. The van der Waals surface area contributed by atoms with Crippen LogP contribution in [0.2, 0.25) is 0 Å². The first kappa shape index (κ1) is 16.2. The van der Waals surface area contributed by atoms with Crippen molar-refractivity contribution in [2.24, 2.45) is 5.73 Å². The molecule has 0 aromatic rings. The number of nitrogens with zero attached hydrogens (tertiary/aromatic N) is 1. The van der Waals surface area contributed by atoms with Gasteiger partial charge in [0.2, 0.25) is 0 Å². The Morgan fingerprint density at radius 1 is 1.26 bits per heavy atom. The third-order valence-electron chi connectivity index (χ3n) is 3.72. The van der Waals surface area contributed by atoms with E-state index in [-0.39, 0.29) is 6.03 Å². The number of rotatable bonds is 7. The van der Waals surface area contributed by atoms with Crippen molar-refractivity contribution in [3.63, 3.8) is 0 Å². The van der Waals surface area contributed by atoms with Gasteiger partial charge in [0, 0.05) is 32.3 Å². The summed E-state index contributed by atoms with van der Waals surface area (Å²) < 4.78 is 5.81. The quantitative estimate of drug-likeness (QED) is 0.693. The van der Waals surface area contributed by atoms with Crippen LogP contribution in [0.1, 0.15) is 46.0 Å². The second-order valence-electron chi connectivity index (χ2n) is 5.17. The summed E-state index contributed by atoms with van der Waals surface area (Å²) in [7, 11) is 0. The molecule has 0 aromatic heterocycles. The molecule has 3 N–H and O–H groups in total. The van der Waals surface area contributed by atoms with Crippen molar-refractivity contribution in [1.29, 1.82) is 0 Å². The van der Waals surface area contributed by atoms with Gasteiger partial charge in [-0.25, -0.2) is 4.79 Å². The highest BCUT2D eigenvalue weighted by atomic mass is 16.5. The van der Waals surface area contributed by atoms with Crippen molar-refractivity contribution in [1.82, 2.24) is 10.2 Å². The predicted molar refractivity (Wildman–Crippen MR) is 77.1 cm³/mol. The summed E-state index contributed by atoms with van der Waals surface area (Å²) in [6.45, 7) is 6.88. The molecule has 112 valence electrons. The zero-order chi connectivity index (χ0) is 14.1. The molecule has 5 heteroatoms. The van der Waals surface area contributed by atoms with Gasteiger partial charge in [-0.3, -0.25) is 0 Å². The van der Waals surface area contributed by atoms with Crippen molar-refractivity contribution in [3.05, 3.63) is 0 Å². The molecule has 1 saturated carbocycles. The van der Waals surface area contributed by atoms with Gasteiger partial charge < -0.3 is 20.7 Å². The zero-order valence-electron chi connectivity index (χ0n) is 12.4. The van der Waals surface area contributed by atoms with Crippen LogP contribution in [0.3, 0.4) is 0 Å². The van der Waals surface area contributed by atoms with Gasteiger partial charge >= 0.3 is 6.03 Å². The first-order valence-corrected chi connectivity index (χ1v) is 7.57. The van der Waals surface area contributed by atoms with E-state index in [1.807, 2.05) is 13.8 Å². The van der Waals surface area contributed by atoms with Crippen LogP contribution in [0.15, 0.2) is 0 Å². The smallest absolute Gasteiger partial charge is 0.317 e. The first-order valence-electron chi connectivity index (χ1n) is 7.57. The molecule has 0 aromatic carbocycles. The van der Waals surface area contributed by atoms with E-state index in [4.69, 9.17) is 10.5 Å². The van der Waals surface area contributed by atoms with Crippen LogP contribution in [0.25, 0.3) is 0 Å². The molecule has 0 radical (unpaired) electrons. The predicted octanol–water partition coefficient (Wildman–Crippen LogP) is 1.71. The second-order valence-corrected chi connectivity index (χ2v) is 5.17. The van der Waals surface area contributed by atoms with E-state index in [0.717, 1.165) is 51.8 Å². The monoisotopic (exact) mass is 271 g/mol. The van der Waals surface area contributed by atoms with Crippen molar-refractivity contribution < 1.29 is 9.53 Å². The average molecular weight is 271 g/mol. The Kier molecular flexibility index (Phi) is 7.82. The van der Waals surface area contributed by atoms with Gasteiger partial charge in [-0.1, -0.05) is 0 Å². The molecular formula is C14H29N3O2. The zero-order valence-corrected chi connectivity index (χ0v) is 12.4. The SMILES string of the molecule is CCN(CC)C(=O)NCCCOC1CCC(N)CC1.